The molecule has 0 N–H and O–H groups in total. The Balaban J connectivity index is 2.08. The van der Waals surface area contributed by atoms with Gasteiger partial charge in [-0.15, -0.1) is 0 Å². The van der Waals surface area contributed by atoms with Gasteiger partial charge in [-0.25, -0.2) is 4.39 Å². The van der Waals surface area contributed by atoms with Crippen molar-refractivity contribution < 1.29 is 4.39 Å². The van der Waals surface area contributed by atoms with Crippen LogP contribution in [-0.4, -0.2) is 0 Å². The highest BCUT2D eigenvalue weighted by Gasteiger charge is 2.21. The van der Waals surface area contributed by atoms with Crippen LogP contribution in [0, 0.1) is 11.7 Å². The summed E-state index contributed by atoms with van der Waals surface area (Å²) in [6.07, 6.45) is 4.78. The summed E-state index contributed by atoms with van der Waals surface area (Å²) in [5, 5.41) is 0. The molecule has 1 aliphatic carbocycles. The van der Waals surface area contributed by atoms with E-state index in [0.29, 0.717) is 5.92 Å². The Morgan fingerprint density at radius 1 is 1.33 bits per heavy atom. The second-order valence-electron chi connectivity index (χ2n) is 4.99. The first-order valence-electron chi connectivity index (χ1n) is 5.95. The molecule has 0 bridgehead atoms. The maximum atomic E-state index is 13.5. The zero-order valence-electron chi connectivity index (χ0n) is 9.59. The van der Waals surface area contributed by atoms with Crippen molar-refractivity contribution in [3.63, 3.8) is 0 Å². The molecule has 0 saturated heterocycles. The fourth-order valence-electron chi connectivity index (χ4n) is 1.91. The van der Waals surface area contributed by atoms with Crippen LogP contribution < -0.4 is 0 Å². The van der Waals surface area contributed by atoms with E-state index >= 15 is 0 Å². The highest BCUT2D eigenvalue weighted by Crippen LogP contribution is 2.34. The molecule has 0 aliphatic heterocycles. The molecular weight excluding hydrogens is 187 g/mol. The van der Waals surface area contributed by atoms with Crippen LogP contribution in [0.4, 0.5) is 4.39 Å². The van der Waals surface area contributed by atoms with E-state index in [4.69, 9.17) is 0 Å². The molecule has 2 rings (SSSR count). The number of rotatable bonds is 4. The lowest BCUT2D eigenvalue weighted by atomic mass is 9.98. The Morgan fingerprint density at radius 2 is 2.07 bits per heavy atom. The molecule has 0 radical (unpaired) electrons. The minimum Gasteiger partial charge on any atom is -0.207 e. The molecule has 1 aliphatic rings. The molecule has 0 nitrogen and oxygen atoms in total. The first kappa shape index (κ1) is 10.7. The molecule has 1 fully saturated rings. The van der Waals surface area contributed by atoms with Crippen molar-refractivity contribution >= 4 is 0 Å². The van der Waals surface area contributed by atoms with Crippen molar-refractivity contribution in [3.8, 4) is 0 Å². The zero-order valence-corrected chi connectivity index (χ0v) is 9.59. The van der Waals surface area contributed by atoms with Gasteiger partial charge in [-0.3, -0.25) is 0 Å². The Morgan fingerprint density at radius 3 is 2.67 bits per heavy atom. The van der Waals surface area contributed by atoms with Gasteiger partial charge < -0.3 is 0 Å². The van der Waals surface area contributed by atoms with E-state index in [1.54, 1.807) is 6.07 Å². The van der Waals surface area contributed by atoms with E-state index in [9.17, 15) is 4.39 Å². The van der Waals surface area contributed by atoms with Gasteiger partial charge in [0.15, 0.2) is 0 Å². The van der Waals surface area contributed by atoms with Gasteiger partial charge in [0.1, 0.15) is 5.82 Å². The maximum absolute atomic E-state index is 13.5. The molecule has 0 unspecified atom stereocenters. The van der Waals surface area contributed by atoms with Crippen LogP contribution >= 0.6 is 0 Å². The molecular formula is C14H19F. The third kappa shape index (κ3) is 2.80. The smallest absolute Gasteiger partial charge is 0.126 e. The van der Waals surface area contributed by atoms with Crippen LogP contribution in [-0.2, 0) is 6.42 Å². The number of benzene rings is 1. The SMILES string of the molecule is CC(C)c1ccc(F)c(CCC2CC2)c1. The van der Waals surface area contributed by atoms with Gasteiger partial charge in [-0.05, 0) is 41.9 Å². The summed E-state index contributed by atoms with van der Waals surface area (Å²) in [6.45, 7) is 4.30. The molecule has 0 aromatic heterocycles. The van der Waals surface area contributed by atoms with Crippen LogP contribution in [0.2, 0.25) is 0 Å². The first-order chi connectivity index (χ1) is 7.16. The first-order valence-corrected chi connectivity index (χ1v) is 5.95. The Kier molecular flexibility index (Phi) is 3.08. The predicted molar refractivity (Wildman–Crippen MR) is 61.5 cm³/mol. The van der Waals surface area contributed by atoms with Crippen molar-refractivity contribution in [1.82, 2.24) is 0 Å². The summed E-state index contributed by atoms with van der Waals surface area (Å²) >= 11 is 0. The second kappa shape index (κ2) is 4.34. The van der Waals surface area contributed by atoms with Crippen molar-refractivity contribution in [2.24, 2.45) is 5.92 Å². The van der Waals surface area contributed by atoms with Crippen LogP contribution in [0.15, 0.2) is 18.2 Å². The molecule has 1 heteroatoms. The Labute approximate surface area is 91.5 Å². The van der Waals surface area contributed by atoms with Crippen LogP contribution in [0.1, 0.15) is 50.2 Å². The van der Waals surface area contributed by atoms with Gasteiger partial charge in [0, 0.05) is 0 Å². The van der Waals surface area contributed by atoms with E-state index in [2.05, 4.69) is 13.8 Å². The molecule has 15 heavy (non-hydrogen) atoms. The molecule has 1 aromatic rings. The lowest BCUT2D eigenvalue weighted by molar-refractivity contribution is 0.595. The molecule has 0 atom stereocenters. The topological polar surface area (TPSA) is 0 Å². The van der Waals surface area contributed by atoms with E-state index in [-0.39, 0.29) is 5.82 Å². The third-order valence-electron chi connectivity index (χ3n) is 3.26. The predicted octanol–water partition coefficient (Wildman–Crippen LogP) is 4.29. The largest absolute Gasteiger partial charge is 0.207 e. The molecule has 1 saturated carbocycles. The monoisotopic (exact) mass is 206 g/mol. The molecule has 0 heterocycles. The van der Waals surface area contributed by atoms with Gasteiger partial charge in [0.05, 0.1) is 0 Å². The van der Waals surface area contributed by atoms with Crippen LogP contribution in [0.5, 0.6) is 0 Å². The lowest BCUT2D eigenvalue weighted by Crippen LogP contribution is -1.96. The highest BCUT2D eigenvalue weighted by atomic mass is 19.1. The second-order valence-corrected chi connectivity index (χ2v) is 4.99. The number of hydrogen-bond donors (Lipinski definition) is 0. The van der Waals surface area contributed by atoms with Gasteiger partial charge >= 0.3 is 0 Å². The summed E-state index contributed by atoms with van der Waals surface area (Å²) in [6, 6.07) is 5.57. The fourth-order valence-corrected chi connectivity index (χ4v) is 1.91. The van der Waals surface area contributed by atoms with E-state index in [1.165, 1.54) is 24.8 Å². The minimum absolute atomic E-state index is 0.0277. The summed E-state index contributed by atoms with van der Waals surface area (Å²) < 4.78 is 13.5. The van der Waals surface area contributed by atoms with Crippen molar-refractivity contribution in [2.75, 3.05) is 0 Å². The molecule has 82 valence electrons. The molecule has 0 spiro atoms. The lowest BCUT2D eigenvalue weighted by Gasteiger charge is -2.09. The Bertz CT molecular complexity index is 337. The third-order valence-corrected chi connectivity index (χ3v) is 3.26. The van der Waals surface area contributed by atoms with E-state index in [0.717, 1.165) is 17.9 Å². The van der Waals surface area contributed by atoms with Crippen molar-refractivity contribution in [2.45, 2.75) is 45.4 Å². The van der Waals surface area contributed by atoms with Gasteiger partial charge in [-0.2, -0.15) is 0 Å². The van der Waals surface area contributed by atoms with E-state index < -0.39 is 0 Å². The average Bonchev–Trinajstić information content (AvgIpc) is 3.00. The van der Waals surface area contributed by atoms with Crippen molar-refractivity contribution in [1.29, 1.82) is 0 Å². The van der Waals surface area contributed by atoms with E-state index in [1.807, 2.05) is 12.1 Å². The van der Waals surface area contributed by atoms with Gasteiger partial charge in [-0.1, -0.05) is 38.8 Å². The average molecular weight is 206 g/mol. The summed E-state index contributed by atoms with van der Waals surface area (Å²) in [5.41, 5.74) is 2.16. The highest BCUT2D eigenvalue weighted by molar-refractivity contribution is 5.27. The Hall–Kier alpha value is -0.850. The summed E-state index contributed by atoms with van der Waals surface area (Å²) in [7, 11) is 0. The molecule has 0 amide bonds. The standard InChI is InChI=1S/C14H19F/c1-10(2)12-7-8-14(15)13(9-12)6-5-11-3-4-11/h7-11H,3-6H2,1-2H3. The molecule has 1 aromatic carbocycles. The zero-order chi connectivity index (χ0) is 10.8. The number of aryl methyl sites for hydroxylation is 1. The fraction of sp³-hybridized carbons (Fsp3) is 0.571. The van der Waals surface area contributed by atoms with Crippen LogP contribution in [0.3, 0.4) is 0 Å². The summed E-state index contributed by atoms with van der Waals surface area (Å²) in [5.74, 6) is 1.34. The van der Waals surface area contributed by atoms with Gasteiger partial charge in [0.25, 0.3) is 0 Å². The summed E-state index contributed by atoms with van der Waals surface area (Å²) in [4.78, 5) is 0. The normalized spacial score (nSPS) is 16.0. The number of halogens is 1. The number of hydrogen-bond acceptors (Lipinski definition) is 0. The maximum Gasteiger partial charge on any atom is 0.126 e. The minimum atomic E-state index is -0.0277. The van der Waals surface area contributed by atoms with Crippen molar-refractivity contribution in [3.05, 3.63) is 35.1 Å². The quantitative estimate of drug-likeness (QED) is 0.689. The van der Waals surface area contributed by atoms with Gasteiger partial charge in [0.2, 0.25) is 0 Å². The van der Waals surface area contributed by atoms with Crippen LogP contribution in [0.25, 0.3) is 0 Å².